The van der Waals surface area contributed by atoms with Crippen LogP contribution in [0.15, 0.2) is 46.0 Å². The number of halogens is 2. The molecule has 3 rings (SSSR count). The van der Waals surface area contributed by atoms with Gasteiger partial charge in [0.1, 0.15) is 5.82 Å². The van der Waals surface area contributed by atoms with Crippen molar-refractivity contribution in [3.05, 3.63) is 52.8 Å². The van der Waals surface area contributed by atoms with Crippen LogP contribution in [0, 0.1) is 5.82 Å². The van der Waals surface area contributed by atoms with Crippen molar-refractivity contribution in [2.24, 2.45) is 0 Å². The predicted octanol–water partition coefficient (Wildman–Crippen LogP) is 4.84. The van der Waals surface area contributed by atoms with Gasteiger partial charge in [0.15, 0.2) is 11.5 Å². The molecule has 0 aliphatic rings. The molecule has 1 aromatic heterocycles. The lowest BCUT2D eigenvalue weighted by atomic mass is 10.2. The third-order valence-corrected chi connectivity index (χ3v) is 4.64. The molecular formula is C17H14ClFN2O3S. The van der Waals surface area contributed by atoms with Crippen LogP contribution in [0.1, 0.15) is 5.56 Å². The summed E-state index contributed by atoms with van der Waals surface area (Å²) in [6.07, 6.45) is 0. The van der Waals surface area contributed by atoms with Crippen molar-refractivity contribution >= 4 is 23.4 Å². The fraction of sp³-hybridized carbons (Fsp3) is 0.176. The molecule has 0 aliphatic carbocycles. The highest BCUT2D eigenvalue weighted by Crippen LogP contribution is 2.33. The van der Waals surface area contributed by atoms with Crippen LogP contribution in [0.4, 0.5) is 4.39 Å². The van der Waals surface area contributed by atoms with Crippen molar-refractivity contribution in [1.29, 1.82) is 0 Å². The van der Waals surface area contributed by atoms with Crippen molar-refractivity contribution in [3.8, 4) is 23.0 Å². The predicted molar refractivity (Wildman–Crippen MR) is 93.8 cm³/mol. The van der Waals surface area contributed by atoms with Crippen LogP contribution in [-0.4, -0.2) is 24.4 Å². The Bertz CT molecular complexity index is 868. The minimum atomic E-state index is -0.361. The maximum Gasteiger partial charge on any atom is 0.277 e. The number of hydrogen-bond acceptors (Lipinski definition) is 6. The van der Waals surface area contributed by atoms with Gasteiger partial charge in [-0.1, -0.05) is 29.4 Å². The fourth-order valence-electron chi connectivity index (χ4n) is 2.16. The second-order valence-electron chi connectivity index (χ2n) is 4.93. The minimum Gasteiger partial charge on any atom is -0.493 e. The van der Waals surface area contributed by atoms with Gasteiger partial charge in [0.25, 0.3) is 5.22 Å². The van der Waals surface area contributed by atoms with Gasteiger partial charge in [0.2, 0.25) is 5.89 Å². The second-order valence-corrected chi connectivity index (χ2v) is 6.27. The normalized spacial score (nSPS) is 10.7. The summed E-state index contributed by atoms with van der Waals surface area (Å²) in [6.45, 7) is 0. The molecular weight excluding hydrogens is 367 g/mol. The van der Waals surface area contributed by atoms with E-state index in [2.05, 4.69) is 10.2 Å². The third-order valence-electron chi connectivity index (χ3n) is 3.44. The van der Waals surface area contributed by atoms with Crippen LogP contribution in [0.5, 0.6) is 11.5 Å². The van der Waals surface area contributed by atoms with E-state index in [4.69, 9.17) is 25.5 Å². The van der Waals surface area contributed by atoms with Crippen LogP contribution in [0.25, 0.3) is 11.5 Å². The topological polar surface area (TPSA) is 57.4 Å². The maximum atomic E-state index is 13.8. The Hall–Kier alpha value is -2.25. The van der Waals surface area contributed by atoms with Gasteiger partial charge >= 0.3 is 0 Å². The highest BCUT2D eigenvalue weighted by Gasteiger charge is 2.14. The molecule has 0 bridgehead atoms. The molecule has 5 nitrogen and oxygen atoms in total. The van der Waals surface area contributed by atoms with Gasteiger partial charge in [-0.05, 0) is 30.3 Å². The van der Waals surface area contributed by atoms with Gasteiger partial charge in [-0.2, -0.15) is 0 Å². The molecule has 0 N–H and O–H groups in total. The van der Waals surface area contributed by atoms with Gasteiger partial charge < -0.3 is 13.9 Å². The average Bonchev–Trinajstić information content (AvgIpc) is 3.09. The van der Waals surface area contributed by atoms with E-state index in [1.54, 1.807) is 44.6 Å². The number of ether oxygens (including phenoxy) is 2. The van der Waals surface area contributed by atoms with Gasteiger partial charge in [0.05, 0.1) is 14.2 Å². The van der Waals surface area contributed by atoms with Crippen LogP contribution < -0.4 is 9.47 Å². The Labute approximate surface area is 153 Å². The van der Waals surface area contributed by atoms with E-state index >= 15 is 0 Å². The molecule has 0 saturated carbocycles. The summed E-state index contributed by atoms with van der Waals surface area (Å²) in [5.41, 5.74) is 1.10. The summed E-state index contributed by atoms with van der Waals surface area (Å²) < 4.78 is 29.9. The number of benzene rings is 2. The first-order chi connectivity index (χ1) is 12.1. The number of rotatable bonds is 6. The Morgan fingerprint density at radius 1 is 1.12 bits per heavy atom. The van der Waals surface area contributed by atoms with E-state index < -0.39 is 0 Å². The number of nitrogens with zero attached hydrogens (tertiary/aromatic N) is 2. The number of methoxy groups -OCH3 is 2. The second kappa shape index (κ2) is 7.76. The van der Waals surface area contributed by atoms with Gasteiger partial charge in [0, 0.05) is 21.9 Å². The Kier molecular flexibility index (Phi) is 5.45. The van der Waals surface area contributed by atoms with Gasteiger partial charge in [-0.3, -0.25) is 0 Å². The van der Waals surface area contributed by atoms with Crippen LogP contribution in [0.3, 0.4) is 0 Å². The standard InChI is InChI=1S/C17H14ClFN2O3S/c1-22-14-7-6-10(8-15(14)23-2)16-20-21-17(24-16)25-9-11-12(18)4-3-5-13(11)19/h3-8H,9H2,1-2H3. The molecule has 25 heavy (non-hydrogen) atoms. The smallest absolute Gasteiger partial charge is 0.277 e. The van der Waals surface area contributed by atoms with E-state index in [1.165, 1.54) is 17.8 Å². The van der Waals surface area contributed by atoms with Crippen molar-refractivity contribution in [2.75, 3.05) is 14.2 Å². The molecule has 0 aliphatic heterocycles. The Balaban J connectivity index is 1.77. The summed E-state index contributed by atoms with van der Waals surface area (Å²) in [5, 5.41) is 8.68. The van der Waals surface area contributed by atoms with Crippen molar-refractivity contribution < 1.29 is 18.3 Å². The first kappa shape index (κ1) is 17.6. The van der Waals surface area contributed by atoms with Crippen molar-refractivity contribution in [1.82, 2.24) is 10.2 Å². The average molecular weight is 381 g/mol. The molecule has 130 valence electrons. The summed E-state index contributed by atoms with van der Waals surface area (Å²) in [6, 6.07) is 9.86. The van der Waals surface area contributed by atoms with E-state index in [0.29, 0.717) is 44.5 Å². The lowest BCUT2D eigenvalue weighted by Gasteiger charge is -2.07. The molecule has 0 spiro atoms. The third kappa shape index (κ3) is 3.88. The molecule has 0 saturated heterocycles. The largest absolute Gasteiger partial charge is 0.493 e. The van der Waals surface area contributed by atoms with Gasteiger partial charge in [-0.15, -0.1) is 10.2 Å². The lowest BCUT2D eigenvalue weighted by molar-refractivity contribution is 0.355. The molecule has 0 amide bonds. The van der Waals surface area contributed by atoms with Crippen molar-refractivity contribution in [2.45, 2.75) is 11.0 Å². The number of thioether (sulfide) groups is 1. The van der Waals surface area contributed by atoms with E-state index in [9.17, 15) is 4.39 Å². The van der Waals surface area contributed by atoms with E-state index in [0.717, 1.165) is 0 Å². The van der Waals surface area contributed by atoms with Crippen LogP contribution >= 0.6 is 23.4 Å². The number of hydrogen-bond donors (Lipinski definition) is 0. The zero-order valence-electron chi connectivity index (χ0n) is 13.5. The summed E-state index contributed by atoms with van der Waals surface area (Å²) in [7, 11) is 3.11. The first-order valence-electron chi connectivity index (χ1n) is 7.24. The zero-order valence-corrected chi connectivity index (χ0v) is 15.0. The van der Waals surface area contributed by atoms with Gasteiger partial charge in [-0.25, -0.2) is 4.39 Å². The summed E-state index contributed by atoms with van der Waals surface area (Å²) in [4.78, 5) is 0. The molecule has 3 aromatic rings. The molecule has 8 heteroatoms. The molecule has 0 radical (unpaired) electrons. The lowest BCUT2D eigenvalue weighted by Crippen LogP contribution is -1.90. The van der Waals surface area contributed by atoms with Crippen LogP contribution in [-0.2, 0) is 5.75 Å². The molecule has 0 fully saturated rings. The highest BCUT2D eigenvalue weighted by atomic mass is 35.5. The minimum absolute atomic E-state index is 0.291. The maximum absolute atomic E-state index is 13.8. The first-order valence-corrected chi connectivity index (χ1v) is 8.60. The SMILES string of the molecule is COc1ccc(-c2nnc(SCc3c(F)cccc3Cl)o2)cc1OC. The number of aromatic nitrogens is 2. The summed E-state index contributed by atoms with van der Waals surface area (Å²) in [5.74, 6) is 1.43. The molecule has 2 aromatic carbocycles. The monoisotopic (exact) mass is 380 g/mol. The van der Waals surface area contributed by atoms with Crippen LogP contribution in [0.2, 0.25) is 5.02 Å². The Morgan fingerprint density at radius 3 is 2.64 bits per heavy atom. The molecule has 0 unspecified atom stereocenters. The van der Waals surface area contributed by atoms with E-state index in [1.807, 2.05) is 0 Å². The Morgan fingerprint density at radius 2 is 1.92 bits per heavy atom. The highest BCUT2D eigenvalue weighted by molar-refractivity contribution is 7.98. The fourth-order valence-corrected chi connectivity index (χ4v) is 3.26. The zero-order chi connectivity index (χ0) is 17.8. The molecule has 0 atom stereocenters. The molecule has 1 heterocycles. The quantitative estimate of drug-likeness (QED) is 0.570. The van der Waals surface area contributed by atoms with E-state index in [-0.39, 0.29) is 5.82 Å². The summed E-state index contributed by atoms with van der Waals surface area (Å²) >= 11 is 7.23. The van der Waals surface area contributed by atoms with Crippen molar-refractivity contribution in [3.63, 3.8) is 0 Å².